The van der Waals surface area contributed by atoms with Crippen molar-refractivity contribution in [2.24, 2.45) is 0 Å². The Kier molecular flexibility index (Phi) is 6.79. The first-order valence-corrected chi connectivity index (χ1v) is 9.73. The number of amides is 2. The average Bonchev–Trinajstić information content (AvgIpc) is 2.68. The third kappa shape index (κ3) is 5.50. The van der Waals surface area contributed by atoms with E-state index in [0.717, 1.165) is 11.1 Å². The second kappa shape index (κ2) is 9.31. The van der Waals surface area contributed by atoms with E-state index in [1.807, 2.05) is 11.9 Å². The molecule has 1 aliphatic rings. The molecule has 1 N–H and O–H groups in total. The summed E-state index contributed by atoms with van der Waals surface area (Å²) < 4.78 is 41.2. The van der Waals surface area contributed by atoms with Crippen LogP contribution >= 0.6 is 0 Å². The Morgan fingerprint density at radius 3 is 2.31 bits per heavy atom. The summed E-state index contributed by atoms with van der Waals surface area (Å²) in [7, 11) is 1.85. The third-order valence-electron chi connectivity index (χ3n) is 5.35. The zero-order valence-electron chi connectivity index (χ0n) is 16.6. The largest absolute Gasteiger partial charge is 0.331 e. The molecule has 3 rings (SSSR count). The van der Waals surface area contributed by atoms with E-state index in [2.05, 4.69) is 5.32 Å². The third-order valence-corrected chi connectivity index (χ3v) is 5.35. The van der Waals surface area contributed by atoms with Gasteiger partial charge in [0.2, 0.25) is 0 Å². The molecule has 1 heterocycles. The molecule has 2 aromatic rings. The number of halogens is 3. The van der Waals surface area contributed by atoms with Gasteiger partial charge in [-0.05, 0) is 55.8 Å². The van der Waals surface area contributed by atoms with Gasteiger partial charge in [-0.1, -0.05) is 24.3 Å². The van der Waals surface area contributed by atoms with Gasteiger partial charge >= 0.3 is 6.03 Å². The zero-order valence-corrected chi connectivity index (χ0v) is 16.6. The number of carbonyl (C=O) groups is 1. The van der Waals surface area contributed by atoms with E-state index in [9.17, 15) is 18.0 Å². The van der Waals surface area contributed by atoms with Crippen molar-refractivity contribution in [2.75, 3.05) is 20.1 Å². The van der Waals surface area contributed by atoms with Crippen molar-refractivity contribution in [2.45, 2.75) is 38.1 Å². The maximum atomic E-state index is 14.8. The highest BCUT2D eigenvalue weighted by molar-refractivity contribution is 5.75. The van der Waals surface area contributed by atoms with Crippen molar-refractivity contribution >= 4 is 6.03 Å². The number of alkyl halides is 1. The molecule has 0 saturated carbocycles. The Labute approximate surface area is 169 Å². The molecule has 156 valence electrons. The first-order valence-electron chi connectivity index (χ1n) is 9.73. The second-order valence-electron chi connectivity index (χ2n) is 7.61. The maximum Gasteiger partial charge on any atom is 0.318 e. The fourth-order valence-corrected chi connectivity index (χ4v) is 3.62. The van der Waals surface area contributed by atoms with Crippen LogP contribution < -0.4 is 5.32 Å². The lowest BCUT2D eigenvalue weighted by atomic mass is 10.0. The standard InChI is InChI=1S/C22H26F3N3O/c1-15(17-5-9-19(24)10-6-17)26-22(29)28(13-16-3-7-18(23)8-4-16)21-11-12-27(2)14-20(21)25/h3-10,15,20-21H,11-14H2,1-2H3,(H,26,29)/t15?,20-,21+/m0/s1. The smallest absolute Gasteiger partial charge is 0.318 e. The minimum atomic E-state index is -1.18. The number of rotatable bonds is 5. The number of hydrogen-bond donors (Lipinski definition) is 1. The summed E-state index contributed by atoms with van der Waals surface area (Å²) in [6.07, 6.45) is -0.668. The predicted octanol–water partition coefficient (Wildman–Crippen LogP) is 4.28. The summed E-state index contributed by atoms with van der Waals surface area (Å²) >= 11 is 0. The second-order valence-corrected chi connectivity index (χ2v) is 7.61. The minimum Gasteiger partial charge on any atom is -0.331 e. The van der Waals surface area contributed by atoms with Crippen LogP contribution in [0, 0.1) is 11.6 Å². The van der Waals surface area contributed by atoms with Crippen molar-refractivity contribution < 1.29 is 18.0 Å². The number of nitrogens with zero attached hydrogens (tertiary/aromatic N) is 2. The Balaban J connectivity index is 1.78. The van der Waals surface area contributed by atoms with Crippen LogP contribution in [0.3, 0.4) is 0 Å². The summed E-state index contributed by atoms with van der Waals surface area (Å²) in [6.45, 7) is 2.91. The van der Waals surface area contributed by atoms with E-state index in [1.54, 1.807) is 31.2 Å². The molecule has 3 atom stereocenters. The van der Waals surface area contributed by atoms with Crippen LogP contribution in [-0.4, -0.2) is 48.2 Å². The molecule has 0 spiro atoms. The highest BCUT2D eigenvalue weighted by Crippen LogP contribution is 2.23. The molecule has 2 aromatic carbocycles. The lowest BCUT2D eigenvalue weighted by Gasteiger charge is -2.40. The van der Waals surface area contributed by atoms with Gasteiger partial charge in [-0.2, -0.15) is 0 Å². The van der Waals surface area contributed by atoms with Gasteiger partial charge in [0, 0.05) is 19.6 Å². The van der Waals surface area contributed by atoms with Gasteiger partial charge in [-0.15, -0.1) is 0 Å². The van der Waals surface area contributed by atoms with Gasteiger partial charge in [-0.3, -0.25) is 0 Å². The van der Waals surface area contributed by atoms with Gasteiger partial charge < -0.3 is 15.1 Å². The fourth-order valence-electron chi connectivity index (χ4n) is 3.62. The highest BCUT2D eigenvalue weighted by atomic mass is 19.1. The van der Waals surface area contributed by atoms with E-state index in [0.29, 0.717) is 13.0 Å². The van der Waals surface area contributed by atoms with Crippen molar-refractivity contribution in [3.63, 3.8) is 0 Å². The fraction of sp³-hybridized carbons (Fsp3) is 0.409. The summed E-state index contributed by atoms with van der Waals surface area (Å²) in [4.78, 5) is 16.5. The van der Waals surface area contributed by atoms with E-state index in [-0.39, 0.29) is 30.8 Å². The predicted molar refractivity (Wildman–Crippen MR) is 106 cm³/mol. The number of likely N-dealkylation sites (tertiary alicyclic amines) is 1. The molecule has 0 aromatic heterocycles. The average molecular weight is 405 g/mol. The number of nitrogens with one attached hydrogen (secondary N) is 1. The normalized spacial score (nSPS) is 20.9. The van der Waals surface area contributed by atoms with E-state index in [4.69, 9.17) is 0 Å². The number of hydrogen-bond acceptors (Lipinski definition) is 2. The first-order chi connectivity index (χ1) is 13.8. The van der Waals surface area contributed by atoms with Gasteiger partial charge in [0.25, 0.3) is 0 Å². The van der Waals surface area contributed by atoms with Gasteiger partial charge in [0.1, 0.15) is 17.8 Å². The van der Waals surface area contributed by atoms with Gasteiger partial charge in [0.15, 0.2) is 0 Å². The molecule has 4 nitrogen and oxygen atoms in total. The van der Waals surface area contributed by atoms with Crippen molar-refractivity contribution in [3.8, 4) is 0 Å². The molecule has 1 aliphatic heterocycles. The summed E-state index contributed by atoms with van der Waals surface area (Å²) in [5.41, 5.74) is 1.48. The summed E-state index contributed by atoms with van der Waals surface area (Å²) in [6, 6.07) is 10.4. The molecule has 1 unspecified atom stereocenters. The highest BCUT2D eigenvalue weighted by Gasteiger charge is 2.35. The molecule has 1 saturated heterocycles. The van der Waals surface area contributed by atoms with Crippen LogP contribution in [-0.2, 0) is 6.54 Å². The Bertz CT molecular complexity index is 813. The molecule has 29 heavy (non-hydrogen) atoms. The van der Waals surface area contributed by atoms with Crippen molar-refractivity contribution in [1.82, 2.24) is 15.1 Å². The molecular formula is C22H26F3N3O. The van der Waals surface area contributed by atoms with E-state index >= 15 is 0 Å². The van der Waals surface area contributed by atoms with Crippen molar-refractivity contribution in [3.05, 3.63) is 71.3 Å². The Morgan fingerprint density at radius 1 is 1.14 bits per heavy atom. The summed E-state index contributed by atoms with van der Waals surface area (Å²) in [5.74, 6) is -0.714. The lowest BCUT2D eigenvalue weighted by molar-refractivity contribution is 0.0565. The quantitative estimate of drug-likeness (QED) is 0.806. The first kappa shape index (κ1) is 21.2. The minimum absolute atomic E-state index is 0.178. The van der Waals surface area contributed by atoms with Crippen LogP contribution in [0.2, 0.25) is 0 Å². The Morgan fingerprint density at radius 2 is 1.72 bits per heavy atom. The van der Waals surface area contributed by atoms with Gasteiger partial charge in [-0.25, -0.2) is 18.0 Å². The summed E-state index contributed by atoms with van der Waals surface area (Å²) in [5, 5.41) is 2.89. The van der Waals surface area contributed by atoms with E-state index < -0.39 is 18.2 Å². The van der Waals surface area contributed by atoms with Gasteiger partial charge in [0.05, 0.1) is 12.1 Å². The number of benzene rings is 2. The monoisotopic (exact) mass is 405 g/mol. The number of piperidine rings is 1. The van der Waals surface area contributed by atoms with Crippen LogP contribution in [0.5, 0.6) is 0 Å². The van der Waals surface area contributed by atoms with Crippen LogP contribution in [0.1, 0.15) is 30.5 Å². The molecule has 7 heteroatoms. The van der Waals surface area contributed by atoms with E-state index in [1.165, 1.54) is 29.2 Å². The van der Waals surface area contributed by atoms with Crippen molar-refractivity contribution in [1.29, 1.82) is 0 Å². The molecule has 0 bridgehead atoms. The van der Waals surface area contributed by atoms with Crippen LogP contribution in [0.4, 0.5) is 18.0 Å². The SMILES string of the molecule is CC(NC(=O)N(Cc1ccc(F)cc1)[C@@H]1CCN(C)C[C@@H]1F)c1ccc(F)cc1. The molecule has 0 aliphatic carbocycles. The maximum absolute atomic E-state index is 14.8. The Hall–Kier alpha value is -2.54. The van der Waals surface area contributed by atoms with Crippen LogP contribution in [0.25, 0.3) is 0 Å². The van der Waals surface area contributed by atoms with Crippen LogP contribution in [0.15, 0.2) is 48.5 Å². The number of carbonyl (C=O) groups excluding carboxylic acids is 1. The molecule has 0 radical (unpaired) electrons. The lowest BCUT2D eigenvalue weighted by Crippen LogP contribution is -2.55. The molecule has 1 fully saturated rings. The zero-order chi connectivity index (χ0) is 21.0. The topological polar surface area (TPSA) is 35.6 Å². The molecular weight excluding hydrogens is 379 g/mol. The number of urea groups is 1. The molecule has 2 amide bonds.